The molecule has 1 aliphatic rings. The zero-order chi connectivity index (χ0) is 8.27. The molecule has 11 heavy (non-hydrogen) atoms. The van der Waals surface area contributed by atoms with Crippen LogP contribution in [0.15, 0.2) is 48.4 Å². The van der Waals surface area contributed by atoms with Gasteiger partial charge in [0.1, 0.15) is 0 Å². The van der Waals surface area contributed by atoms with Gasteiger partial charge in [-0.25, -0.2) is 0 Å². The molecule has 0 aromatic heterocycles. The molecular weight excluding hydrogens is 134 g/mol. The van der Waals surface area contributed by atoms with Crippen LogP contribution in [0.4, 0.5) is 0 Å². The highest BCUT2D eigenvalue weighted by Crippen LogP contribution is 2.11. The van der Waals surface area contributed by atoms with Crippen molar-refractivity contribution in [2.75, 3.05) is 0 Å². The van der Waals surface area contributed by atoms with Gasteiger partial charge in [0.25, 0.3) is 0 Å². The van der Waals surface area contributed by atoms with Crippen molar-refractivity contribution in [1.29, 1.82) is 0 Å². The Kier molecular flexibility index (Phi) is 2.32. The van der Waals surface area contributed by atoms with E-state index in [1.54, 1.807) is 0 Å². The third kappa shape index (κ3) is 2.46. The minimum absolute atomic E-state index is 0.835. The van der Waals surface area contributed by atoms with Gasteiger partial charge in [-0.1, -0.05) is 19.2 Å². The molecule has 0 spiro atoms. The molecule has 0 radical (unpaired) electrons. The Morgan fingerprint density at radius 2 is 2.18 bits per heavy atom. The normalized spacial score (nSPS) is 26.1. The number of rotatable bonds is 0. The number of nitrogens with one attached hydrogen (secondary N) is 1. The predicted octanol–water partition coefficient (Wildman–Crippen LogP) is 2.51. The van der Waals surface area contributed by atoms with Crippen molar-refractivity contribution in [3.63, 3.8) is 0 Å². The standard InChI is InChI=1S/C10H13N/c1-8-4-5-11-10(3)7-9(2)6-8/h4-6,11H,2-3,7H2,1H3/b5-4-,8-6-. The summed E-state index contributed by atoms with van der Waals surface area (Å²) in [6, 6.07) is 0. The highest BCUT2D eigenvalue weighted by atomic mass is 14.8. The van der Waals surface area contributed by atoms with Gasteiger partial charge in [-0.05, 0) is 24.1 Å². The summed E-state index contributed by atoms with van der Waals surface area (Å²) in [6.07, 6.45) is 6.82. The van der Waals surface area contributed by atoms with Crippen molar-refractivity contribution in [3.8, 4) is 0 Å². The van der Waals surface area contributed by atoms with Crippen molar-refractivity contribution in [3.05, 3.63) is 48.4 Å². The van der Waals surface area contributed by atoms with Gasteiger partial charge in [0, 0.05) is 18.3 Å². The molecule has 1 heteroatoms. The average Bonchev–Trinajstić information content (AvgIpc) is 1.83. The summed E-state index contributed by atoms with van der Waals surface area (Å²) in [6.45, 7) is 9.80. The van der Waals surface area contributed by atoms with Gasteiger partial charge in [0.05, 0.1) is 0 Å². The van der Waals surface area contributed by atoms with Gasteiger partial charge in [0.2, 0.25) is 0 Å². The Hall–Kier alpha value is -1.24. The van der Waals surface area contributed by atoms with E-state index in [1.165, 1.54) is 5.57 Å². The molecular formula is C10H13N. The fraction of sp³-hybridized carbons (Fsp3) is 0.200. The summed E-state index contributed by atoms with van der Waals surface area (Å²) in [5.41, 5.74) is 3.31. The summed E-state index contributed by atoms with van der Waals surface area (Å²) in [5.74, 6) is 0. The lowest BCUT2D eigenvalue weighted by molar-refractivity contribution is 0.973. The van der Waals surface area contributed by atoms with E-state index in [0.29, 0.717) is 0 Å². The quantitative estimate of drug-likeness (QED) is 0.555. The maximum atomic E-state index is 3.91. The first-order valence-electron chi connectivity index (χ1n) is 3.65. The van der Waals surface area contributed by atoms with Crippen molar-refractivity contribution >= 4 is 0 Å². The second-order valence-electron chi connectivity index (χ2n) is 2.80. The zero-order valence-corrected chi connectivity index (χ0v) is 6.85. The minimum atomic E-state index is 0.835. The number of hydrogen-bond acceptors (Lipinski definition) is 1. The van der Waals surface area contributed by atoms with E-state index in [9.17, 15) is 0 Å². The Morgan fingerprint density at radius 1 is 1.45 bits per heavy atom. The largest absolute Gasteiger partial charge is 0.365 e. The van der Waals surface area contributed by atoms with Crippen LogP contribution in [0, 0.1) is 0 Å². The lowest BCUT2D eigenvalue weighted by atomic mass is 10.1. The molecule has 0 saturated carbocycles. The van der Waals surface area contributed by atoms with Crippen LogP contribution in [0.3, 0.4) is 0 Å². The molecule has 1 nitrogen and oxygen atoms in total. The summed E-state index contributed by atoms with van der Waals surface area (Å²) < 4.78 is 0. The fourth-order valence-electron chi connectivity index (χ4n) is 1.04. The first-order chi connectivity index (χ1) is 5.18. The summed E-state index contributed by atoms with van der Waals surface area (Å²) in [5, 5.41) is 3.07. The smallest absolute Gasteiger partial charge is 0.0117 e. The van der Waals surface area contributed by atoms with Crippen LogP contribution in [-0.4, -0.2) is 0 Å². The molecule has 1 rings (SSSR count). The number of allylic oxidation sites excluding steroid dienone is 4. The molecule has 58 valence electrons. The summed E-state index contributed by atoms with van der Waals surface area (Å²) in [4.78, 5) is 0. The average molecular weight is 147 g/mol. The molecule has 0 bridgehead atoms. The Balaban J connectivity index is 2.81. The lowest BCUT2D eigenvalue weighted by Crippen LogP contribution is -2.05. The number of hydrogen-bond donors (Lipinski definition) is 1. The van der Waals surface area contributed by atoms with Crippen LogP contribution in [0.25, 0.3) is 0 Å². The van der Waals surface area contributed by atoms with Gasteiger partial charge in [-0.3, -0.25) is 0 Å². The van der Waals surface area contributed by atoms with Gasteiger partial charge in [-0.2, -0.15) is 0 Å². The van der Waals surface area contributed by atoms with Crippen LogP contribution < -0.4 is 5.32 Å². The highest BCUT2D eigenvalue weighted by molar-refractivity contribution is 5.31. The Labute approximate surface area is 67.8 Å². The lowest BCUT2D eigenvalue weighted by Gasteiger charge is -2.08. The molecule has 0 atom stereocenters. The molecule has 1 N–H and O–H groups in total. The topological polar surface area (TPSA) is 12.0 Å². The second kappa shape index (κ2) is 3.24. The van der Waals surface area contributed by atoms with E-state index in [2.05, 4.69) is 31.5 Å². The Bertz CT molecular complexity index is 244. The third-order valence-electron chi connectivity index (χ3n) is 1.51. The van der Waals surface area contributed by atoms with Gasteiger partial charge in [-0.15, -0.1) is 0 Å². The summed E-state index contributed by atoms with van der Waals surface area (Å²) >= 11 is 0. The van der Waals surface area contributed by atoms with Crippen LogP contribution in [0.2, 0.25) is 0 Å². The molecule has 0 saturated heterocycles. The van der Waals surface area contributed by atoms with Crippen molar-refractivity contribution in [2.45, 2.75) is 13.3 Å². The first-order valence-corrected chi connectivity index (χ1v) is 3.65. The molecule has 0 aromatic rings. The molecule has 0 aromatic carbocycles. The molecule has 1 aliphatic heterocycles. The van der Waals surface area contributed by atoms with Crippen LogP contribution in [0.5, 0.6) is 0 Å². The van der Waals surface area contributed by atoms with Gasteiger partial charge < -0.3 is 5.32 Å². The first kappa shape index (κ1) is 7.86. The predicted molar refractivity (Wildman–Crippen MR) is 48.9 cm³/mol. The van der Waals surface area contributed by atoms with E-state index in [-0.39, 0.29) is 0 Å². The van der Waals surface area contributed by atoms with E-state index >= 15 is 0 Å². The molecule has 0 aliphatic carbocycles. The summed E-state index contributed by atoms with van der Waals surface area (Å²) in [7, 11) is 0. The van der Waals surface area contributed by atoms with Crippen molar-refractivity contribution in [1.82, 2.24) is 5.32 Å². The molecule has 0 amide bonds. The van der Waals surface area contributed by atoms with Crippen molar-refractivity contribution in [2.24, 2.45) is 0 Å². The fourth-order valence-corrected chi connectivity index (χ4v) is 1.04. The molecule has 0 fully saturated rings. The molecule has 1 heterocycles. The van der Waals surface area contributed by atoms with E-state index in [0.717, 1.165) is 17.7 Å². The maximum Gasteiger partial charge on any atom is 0.0117 e. The maximum absolute atomic E-state index is 3.91. The van der Waals surface area contributed by atoms with E-state index in [1.807, 2.05) is 12.3 Å². The highest BCUT2D eigenvalue weighted by Gasteiger charge is 1.96. The third-order valence-corrected chi connectivity index (χ3v) is 1.51. The van der Waals surface area contributed by atoms with E-state index < -0.39 is 0 Å². The van der Waals surface area contributed by atoms with E-state index in [4.69, 9.17) is 0 Å². The minimum Gasteiger partial charge on any atom is -0.365 e. The van der Waals surface area contributed by atoms with Gasteiger partial charge >= 0.3 is 0 Å². The molecule has 0 unspecified atom stereocenters. The van der Waals surface area contributed by atoms with Crippen molar-refractivity contribution < 1.29 is 0 Å². The second-order valence-corrected chi connectivity index (χ2v) is 2.80. The van der Waals surface area contributed by atoms with Gasteiger partial charge in [0.15, 0.2) is 0 Å². The Morgan fingerprint density at radius 3 is 2.91 bits per heavy atom. The SMILES string of the molecule is C=C1/C=C(C)\C=C/NC(=C)C1. The monoisotopic (exact) mass is 147 g/mol. The van der Waals surface area contributed by atoms with Crippen LogP contribution >= 0.6 is 0 Å². The van der Waals surface area contributed by atoms with Crippen LogP contribution in [-0.2, 0) is 0 Å². The van der Waals surface area contributed by atoms with Crippen LogP contribution in [0.1, 0.15) is 13.3 Å². The zero-order valence-electron chi connectivity index (χ0n) is 6.85.